The number of nitrogen functional groups attached to an aromatic ring is 1. The van der Waals surface area contributed by atoms with Crippen LogP contribution >= 0.6 is 11.3 Å². The van der Waals surface area contributed by atoms with Crippen molar-refractivity contribution < 1.29 is 4.79 Å². The number of hydrogen-bond donors (Lipinski definition) is 2. The molecule has 2 heterocycles. The van der Waals surface area contributed by atoms with Crippen LogP contribution in [0, 0.1) is 0 Å². The van der Waals surface area contributed by atoms with E-state index in [1.165, 1.54) is 16.9 Å². The van der Waals surface area contributed by atoms with Gasteiger partial charge in [-0.05, 0) is 31.4 Å². The lowest BCUT2D eigenvalue weighted by Crippen LogP contribution is -2.49. The fourth-order valence-corrected chi connectivity index (χ4v) is 3.88. The molecule has 0 aliphatic carbocycles. The fraction of sp³-hybridized carbons (Fsp3) is 0.500. The highest BCUT2D eigenvalue weighted by atomic mass is 32.1. The second-order valence-corrected chi connectivity index (χ2v) is 7.49. The summed E-state index contributed by atoms with van der Waals surface area (Å²) in [5, 5.41) is 12.3. The molecule has 1 atom stereocenters. The highest BCUT2D eigenvalue weighted by Crippen LogP contribution is 2.20. The number of likely N-dealkylation sites (tertiary alicyclic amines) is 1. The number of amides is 1. The summed E-state index contributed by atoms with van der Waals surface area (Å²) >= 11 is 1.41. The van der Waals surface area contributed by atoms with Crippen LogP contribution in [0.15, 0.2) is 30.3 Å². The average Bonchev–Trinajstić information content (AvgIpc) is 3.05. The molecule has 3 rings (SSSR count). The van der Waals surface area contributed by atoms with Crippen LogP contribution in [-0.2, 0) is 17.8 Å². The predicted octanol–water partition coefficient (Wildman–Crippen LogP) is 2.22. The van der Waals surface area contributed by atoms with Gasteiger partial charge in [-0.3, -0.25) is 9.69 Å². The first-order valence-electron chi connectivity index (χ1n) is 8.86. The summed E-state index contributed by atoms with van der Waals surface area (Å²) in [4.78, 5) is 14.9. The molecule has 1 aliphatic heterocycles. The number of nitrogens with one attached hydrogen (secondary N) is 1. The van der Waals surface area contributed by atoms with Gasteiger partial charge in [0.25, 0.3) is 0 Å². The third-order valence-electron chi connectivity index (χ3n) is 4.49. The summed E-state index contributed by atoms with van der Waals surface area (Å²) in [5.74, 6) is 0.146. The average molecular weight is 359 g/mol. The first-order chi connectivity index (χ1) is 12.2. The van der Waals surface area contributed by atoms with Crippen molar-refractivity contribution in [2.24, 2.45) is 0 Å². The fourth-order valence-electron chi connectivity index (χ4n) is 3.23. The number of carbonyl (C=O) groups is 1. The normalized spacial score (nSPS) is 18.2. The van der Waals surface area contributed by atoms with E-state index >= 15 is 0 Å². The minimum atomic E-state index is -0.0221. The van der Waals surface area contributed by atoms with Crippen molar-refractivity contribution >= 4 is 22.4 Å². The number of aromatic nitrogens is 2. The van der Waals surface area contributed by atoms with E-state index in [0.29, 0.717) is 11.7 Å². The summed E-state index contributed by atoms with van der Waals surface area (Å²) in [6.45, 7) is 2.48. The molecule has 1 aromatic heterocycles. The molecule has 0 saturated carbocycles. The number of benzene rings is 1. The van der Waals surface area contributed by atoms with Gasteiger partial charge in [-0.15, -0.1) is 10.2 Å². The zero-order chi connectivity index (χ0) is 17.5. The minimum absolute atomic E-state index is 0.0221. The zero-order valence-electron chi connectivity index (χ0n) is 14.4. The summed E-state index contributed by atoms with van der Waals surface area (Å²) in [6, 6.07) is 10.3. The van der Waals surface area contributed by atoms with Gasteiger partial charge < -0.3 is 11.1 Å². The van der Waals surface area contributed by atoms with Crippen molar-refractivity contribution in [3.8, 4) is 0 Å². The highest BCUT2D eigenvalue weighted by Gasteiger charge is 2.28. The Balaban J connectivity index is 1.47. The van der Waals surface area contributed by atoms with Crippen molar-refractivity contribution in [3.05, 3.63) is 40.9 Å². The van der Waals surface area contributed by atoms with Gasteiger partial charge in [-0.2, -0.15) is 0 Å². The Labute approximate surface area is 152 Å². The molecule has 134 valence electrons. The van der Waals surface area contributed by atoms with Crippen LogP contribution in [0.25, 0.3) is 0 Å². The first-order valence-corrected chi connectivity index (χ1v) is 9.67. The quantitative estimate of drug-likeness (QED) is 0.741. The summed E-state index contributed by atoms with van der Waals surface area (Å²) in [6.07, 6.45) is 4.87. The van der Waals surface area contributed by atoms with Crippen molar-refractivity contribution in [1.29, 1.82) is 0 Å². The van der Waals surface area contributed by atoms with E-state index in [9.17, 15) is 4.79 Å². The largest absolute Gasteiger partial charge is 0.374 e. The molecule has 1 saturated heterocycles. The second-order valence-electron chi connectivity index (χ2n) is 6.40. The molecular weight excluding hydrogens is 334 g/mol. The second kappa shape index (κ2) is 8.92. The molecule has 0 spiro atoms. The molecule has 1 aliphatic rings. The number of piperidine rings is 1. The number of carbonyl (C=O) groups excluding carboxylic acids is 1. The van der Waals surface area contributed by atoms with Gasteiger partial charge >= 0.3 is 0 Å². The lowest BCUT2D eigenvalue weighted by atomic mass is 10.0. The van der Waals surface area contributed by atoms with Crippen molar-refractivity contribution in [3.63, 3.8) is 0 Å². The topological polar surface area (TPSA) is 84.1 Å². The van der Waals surface area contributed by atoms with Gasteiger partial charge in [0.1, 0.15) is 5.01 Å². The van der Waals surface area contributed by atoms with Crippen LogP contribution in [0.4, 0.5) is 5.13 Å². The summed E-state index contributed by atoms with van der Waals surface area (Å²) < 4.78 is 0. The van der Waals surface area contributed by atoms with E-state index in [4.69, 9.17) is 5.73 Å². The smallest absolute Gasteiger partial charge is 0.237 e. The maximum Gasteiger partial charge on any atom is 0.237 e. The van der Waals surface area contributed by atoms with Crippen LogP contribution < -0.4 is 11.1 Å². The molecule has 1 fully saturated rings. The Hall–Kier alpha value is -1.99. The van der Waals surface area contributed by atoms with Gasteiger partial charge in [0.2, 0.25) is 11.0 Å². The lowest BCUT2D eigenvalue weighted by Gasteiger charge is -2.34. The number of nitrogens with zero attached hydrogens (tertiary/aromatic N) is 3. The van der Waals surface area contributed by atoms with Crippen molar-refractivity contribution in [2.75, 3.05) is 18.8 Å². The van der Waals surface area contributed by atoms with Crippen LogP contribution in [0.5, 0.6) is 0 Å². The molecule has 0 bridgehead atoms. The molecule has 7 heteroatoms. The van der Waals surface area contributed by atoms with E-state index in [1.807, 2.05) is 6.07 Å². The van der Waals surface area contributed by atoms with Crippen LogP contribution in [0.3, 0.4) is 0 Å². The Morgan fingerprint density at radius 2 is 2.12 bits per heavy atom. The monoisotopic (exact) mass is 359 g/mol. The third-order valence-corrected chi connectivity index (χ3v) is 5.31. The number of aryl methyl sites for hydroxylation is 1. The Bertz CT molecular complexity index is 675. The lowest BCUT2D eigenvalue weighted by molar-refractivity contribution is -0.127. The Morgan fingerprint density at radius 1 is 1.28 bits per heavy atom. The van der Waals surface area contributed by atoms with Gasteiger partial charge in [-0.1, -0.05) is 48.1 Å². The van der Waals surface area contributed by atoms with Gasteiger partial charge in [0.15, 0.2) is 0 Å². The standard InChI is InChI=1S/C18H25N5OS/c19-18-22-21-16(25-18)10-6-11-20-17(24)15-9-4-5-12-23(15)13-14-7-2-1-3-8-14/h1-3,7-8,15H,4-6,9-13H2,(H2,19,22)(H,20,24). The minimum Gasteiger partial charge on any atom is -0.374 e. The Morgan fingerprint density at radius 3 is 2.88 bits per heavy atom. The van der Waals surface area contributed by atoms with Crippen molar-refractivity contribution in [2.45, 2.75) is 44.7 Å². The van der Waals surface area contributed by atoms with E-state index < -0.39 is 0 Å². The summed E-state index contributed by atoms with van der Waals surface area (Å²) in [7, 11) is 0. The van der Waals surface area contributed by atoms with Crippen LogP contribution in [0.2, 0.25) is 0 Å². The molecule has 25 heavy (non-hydrogen) atoms. The molecule has 1 unspecified atom stereocenters. The SMILES string of the molecule is Nc1nnc(CCCNC(=O)C2CCCCN2Cc2ccccc2)s1. The number of anilines is 1. The van der Waals surface area contributed by atoms with Crippen LogP contribution in [-0.4, -0.2) is 40.1 Å². The number of rotatable bonds is 7. The maximum absolute atomic E-state index is 12.6. The molecule has 1 aromatic carbocycles. The van der Waals surface area contributed by atoms with Crippen LogP contribution in [0.1, 0.15) is 36.3 Å². The molecule has 2 aromatic rings. The maximum atomic E-state index is 12.6. The first kappa shape index (κ1) is 17.8. The van der Waals surface area contributed by atoms with E-state index in [2.05, 4.69) is 44.7 Å². The third kappa shape index (κ3) is 5.24. The van der Waals surface area contributed by atoms with Crippen molar-refractivity contribution in [1.82, 2.24) is 20.4 Å². The van der Waals surface area contributed by atoms with E-state index in [0.717, 1.165) is 50.2 Å². The molecular formula is C18H25N5OS. The highest BCUT2D eigenvalue weighted by molar-refractivity contribution is 7.15. The molecule has 0 radical (unpaired) electrons. The predicted molar refractivity (Wildman–Crippen MR) is 100 cm³/mol. The van der Waals surface area contributed by atoms with E-state index in [1.54, 1.807) is 0 Å². The van der Waals surface area contributed by atoms with E-state index in [-0.39, 0.29) is 11.9 Å². The molecule has 3 N–H and O–H groups in total. The molecule has 6 nitrogen and oxygen atoms in total. The van der Waals surface area contributed by atoms with Gasteiger partial charge in [-0.25, -0.2) is 0 Å². The summed E-state index contributed by atoms with van der Waals surface area (Å²) in [5.41, 5.74) is 6.84. The number of hydrogen-bond acceptors (Lipinski definition) is 6. The van der Waals surface area contributed by atoms with Gasteiger partial charge in [0, 0.05) is 19.5 Å². The van der Waals surface area contributed by atoms with Gasteiger partial charge in [0.05, 0.1) is 6.04 Å². The molecule has 1 amide bonds. The Kier molecular flexibility index (Phi) is 6.36. The number of nitrogens with two attached hydrogens (primary N) is 1. The zero-order valence-corrected chi connectivity index (χ0v) is 15.2.